The smallest absolute Gasteiger partial charge is 0.338 e. The van der Waals surface area contributed by atoms with E-state index in [1.807, 2.05) is 54.6 Å². The molecule has 2 saturated heterocycles. The number of ether oxygens (including phenoxy) is 2. The number of amides is 1. The molecule has 0 saturated carbocycles. The number of fused-ring (bicyclic) bond motifs is 3. The lowest BCUT2D eigenvalue weighted by Crippen LogP contribution is -2.59. The summed E-state index contributed by atoms with van der Waals surface area (Å²) >= 11 is 0. The Labute approximate surface area is 210 Å². The molecule has 0 radical (unpaired) electrons. The van der Waals surface area contributed by atoms with Gasteiger partial charge in [0.15, 0.2) is 5.54 Å². The van der Waals surface area contributed by atoms with Crippen molar-refractivity contribution in [1.82, 2.24) is 9.88 Å². The van der Waals surface area contributed by atoms with Gasteiger partial charge >= 0.3 is 5.97 Å². The highest BCUT2D eigenvalue weighted by Gasteiger charge is 2.59. The molecule has 7 heteroatoms. The number of esters is 1. The molecule has 6 rings (SSSR count). The van der Waals surface area contributed by atoms with Gasteiger partial charge in [0.1, 0.15) is 6.61 Å². The number of aromatic nitrogens is 1. The van der Waals surface area contributed by atoms with Gasteiger partial charge in [-0.3, -0.25) is 9.78 Å². The van der Waals surface area contributed by atoms with Gasteiger partial charge in [-0.15, -0.1) is 0 Å². The molecule has 1 aromatic heterocycles. The summed E-state index contributed by atoms with van der Waals surface area (Å²) in [5.74, 6) is -0.574. The molecule has 3 aromatic rings. The van der Waals surface area contributed by atoms with Crippen molar-refractivity contribution in [2.24, 2.45) is 0 Å². The predicted molar refractivity (Wildman–Crippen MR) is 135 cm³/mol. The Balaban J connectivity index is 1.44. The minimum absolute atomic E-state index is 0.154. The van der Waals surface area contributed by atoms with Crippen molar-refractivity contribution in [2.75, 3.05) is 37.8 Å². The summed E-state index contributed by atoms with van der Waals surface area (Å²) in [6.07, 6.45) is 1.21. The topological polar surface area (TPSA) is 72.0 Å². The molecule has 3 aliphatic heterocycles. The van der Waals surface area contributed by atoms with E-state index in [0.29, 0.717) is 37.3 Å². The summed E-state index contributed by atoms with van der Waals surface area (Å²) in [6.45, 7) is 4.68. The average Bonchev–Trinajstić information content (AvgIpc) is 3.14. The second-order valence-electron chi connectivity index (χ2n) is 9.80. The maximum atomic E-state index is 13.9. The Morgan fingerprint density at radius 2 is 1.64 bits per heavy atom. The number of anilines is 1. The van der Waals surface area contributed by atoms with Gasteiger partial charge in [-0.1, -0.05) is 60.7 Å². The fraction of sp³-hybridized carbons (Fsp3) is 0.345. The lowest BCUT2D eigenvalue weighted by Gasteiger charge is -2.43. The zero-order valence-corrected chi connectivity index (χ0v) is 20.4. The fourth-order valence-electron chi connectivity index (χ4n) is 5.67. The van der Waals surface area contributed by atoms with Crippen LogP contribution in [-0.2, 0) is 32.6 Å². The average molecular weight is 484 g/mol. The second-order valence-corrected chi connectivity index (χ2v) is 9.80. The molecule has 0 unspecified atom stereocenters. The Morgan fingerprint density at radius 3 is 2.33 bits per heavy atom. The normalized spacial score (nSPS) is 23.3. The molecule has 2 atom stereocenters. The van der Waals surface area contributed by atoms with Crippen molar-refractivity contribution in [2.45, 2.75) is 31.3 Å². The summed E-state index contributed by atoms with van der Waals surface area (Å²) in [5.41, 5.74) is 3.75. The Kier molecular flexibility index (Phi) is 5.72. The van der Waals surface area contributed by atoms with Gasteiger partial charge in [0.25, 0.3) is 5.91 Å². The fourth-order valence-corrected chi connectivity index (χ4v) is 5.67. The van der Waals surface area contributed by atoms with Crippen molar-refractivity contribution >= 4 is 17.6 Å². The highest BCUT2D eigenvalue weighted by atomic mass is 16.5. The molecular formula is C29H29N3O4. The van der Waals surface area contributed by atoms with Crippen LogP contribution in [0.4, 0.5) is 5.69 Å². The van der Waals surface area contributed by atoms with Crippen LogP contribution in [0.5, 0.6) is 0 Å². The SMILES string of the molecule is C[C@]12C(=O)OC[C@H](Cc3ccccc3)N1C(=O)c1cc(N3CCOCC3)c(Cc3ccccc3)nc12. The minimum atomic E-state index is -1.25. The molecule has 1 amide bonds. The number of morpholine rings is 2. The molecule has 0 spiro atoms. The molecule has 0 N–H and O–H groups in total. The van der Waals surface area contributed by atoms with E-state index in [4.69, 9.17) is 14.5 Å². The molecule has 2 fully saturated rings. The third kappa shape index (κ3) is 3.75. The number of rotatable bonds is 5. The summed E-state index contributed by atoms with van der Waals surface area (Å²) in [4.78, 5) is 36.2. The maximum absolute atomic E-state index is 13.9. The first kappa shape index (κ1) is 22.7. The Morgan fingerprint density at radius 1 is 0.972 bits per heavy atom. The molecule has 0 bridgehead atoms. The molecule has 2 aromatic carbocycles. The maximum Gasteiger partial charge on any atom is 0.338 e. The van der Waals surface area contributed by atoms with Crippen LogP contribution in [0, 0.1) is 0 Å². The van der Waals surface area contributed by atoms with E-state index in [1.54, 1.807) is 11.8 Å². The van der Waals surface area contributed by atoms with E-state index in [9.17, 15) is 9.59 Å². The van der Waals surface area contributed by atoms with E-state index in [1.165, 1.54) is 0 Å². The lowest BCUT2D eigenvalue weighted by atomic mass is 9.91. The lowest BCUT2D eigenvalue weighted by molar-refractivity contribution is -0.169. The van der Waals surface area contributed by atoms with Crippen molar-refractivity contribution in [1.29, 1.82) is 0 Å². The van der Waals surface area contributed by atoms with Gasteiger partial charge < -0.3 is 19.3 Å². The van der Waals surface area contributed by atoms with Gasteiger partial charge in [-0.25, -0.2) is 4.79 Å². The number of carbonyl (C=O) groups is 2. The van der Waals surface area contributed by atoms with Crippen LogP contribution in [0.1, 0.15) is 39.8 Å². The third-order valence-corrected chi connectivity index (χ3v) is 7.52. The van der Waals surface area contributed by atoms with E-state index >= 15 is 0 Å². The van der Waals surface area contributed by atoms with Crippen LogP contribution in [0.2, 0.25) is 0 Å². The number of cyclic esters (lactones) is 1. The third-order valence-electron chi connectivity index (χ3n) is 7.52. The summed E-state index contributed by atoms with van der Waals surface area (Å²) in [5, 5.41) is 0. The first-order valence-electron chi connectivity index (χ1n) is 12.5. The number of hydrogen-bond acceptors (Lipinski definition) is 6. The molecule has 184 valence electrons. The highest BCUT2D eigenvalue weighted by Crippen LogP contribution is 2.45. The zero-order chi connectivity index (χ0) is 24.7. The molecule has 4 heterocycles. The monoisotopic (exact) mass is 483 g/mol. The van der Waals surface area contributed by atoms with Gasteiger partial charge in [-0.2, -0.15) is 0 Å². The van der Waals surface area contributed by atoms with E-state index in [-0.39, 0.29) is 18.6 Å². The van der Waals surface area contributed by atoms with Crippen molar-refractivity contribution in [3.05, 3.63) is 94.8 Å². The standard InChI is InChI=1S/C29H29N3O4/c1-29-26-23(27(33)32(29)22(19-36-28(29)34)16-20-8-4-2-5-9-20)18-25(31-12-14-35-15-13-31)24(30-26)17-21-10-6-3-7-11-21/h2-11,18,22H,12-17,19H2,1H3/t22-,29-/m0/s1. The van der Waals surface area contributed by atoms with Crippen LogP contribution in [0.3, 0.4) is 0 Å². The molecule has 36 heavy (non-hydrogen) atoms. The van der Waals surface area contributed by atoms with Crippen LogP contribution >= 0.6 is 0 Å². The van der Waals surface area contributed by atoms with Crippen LogP contribution < -0.4 is 4.90 Å². The number of benzene rings is 2. The first-order chi connectivity index (χ1) is 17.6. The van der Waals surface area contributed by atoms with Crippen LogP contribution in [-0.4, -0.2) is 60.7 Å². The van der Waals surface area contributed by atoms with Gasteiger partial charge in [0.05, 0.1) is 41.9 Å². The summed E-state index contributed by atoms with van der Waals surface area (Å²) in [7, 11) is 0. The number of nitrogens with zero attached hydrogens (tertiary/aromatic N) is 3. The highest BCUT2D eigenvalue weighted by molar-refractivity contribution is 6.06. The molecule has 3 aliphatic rings. The van der Waals surface area contributed by atoms with Crippen molar-refractivity contribution < 1.29 is 19.1 Å². The Hall–Kier alpha value is -3.71. The number of pyridine rings is 1. The van der Waals surface area contributed by atoms with Gasteiger partial charge in [0, 0.05) is 19.5 Å². The molecular weight excluding hydrogens is 454 g/mol. The Bertz CT molecular complexity index is 1290. The van der Waals surface area contributed by atoms with Crippen molar-refractivity contribution in [3.63, 3.8) is 0 Å². The van der Waals surface area contributed by atoms with E-state index in [0.717, 1.165) is 35.6 Å². The number of hydrogen-bond donors (Lipinski definition) is 0. The predicted octanol–water partition coefficient (Wildman–Crippen LogP) is 3.35. The van der Waals surface area contributed by atoms with Crippen LogP contribution in [0.15, 0.2) is 66.7 Å². The quantitative estimate of drug-likeness (QED) is 0.519. The summed E-state index contributed by atoms with van der Waals surface area (Å²) in [6, 6.07) is 21.8. The summed E-state index contributed by atoms with van der Waals surface area (Å²) < 4.78 is 11.3. The van der Waals surface area contributed by atoms with Gasteiger partial charge in [-0.05, 0) is 30.5 Å². The van der Waals surface area contributed by atoms with Gasteiger partial charge in [0.2, 0.25) is 0 Å². The van der Waals surface area contributed by atoms with E-state index in [2.05, 4.69) is 17.0 Å². The van der Waals surface area contributed by atoms with E-state index < -0.39 is 11.5 Å². The first-order valence-corrected chi connectivity index (χ1v) is 12.5. The van der Waals surface area contributed by atoms with Crippen molar-refractivity contribution in [3.8, 4) is 0 Å². The molecule has 7 nitrogen and oxygen atoms in total. The zero-order valence-electron chi connectivity index (χ0n) is 20.4. The second kappa shape index (κ2) is 9.06. The molecule has 0 aliphatic carbocycles. The largest absolute Gasteiger partial charge is 0.461 e. The number of carbonyl (C=O) groups excluding carboxylic acids is 2. The minimum Gasteiger partial charge on any atom is -0.461 e. The van der Waals surface area contributed by atoms with Crippen LogP contribution in [0.25, 0.3) is 0 Å².